The van der Waals surface area contributed by atoms with E-state index in [-0.39, 0.29) is 19.1 Å². The van der Waals surface area contributed by atoms with Crippen LogP contribution in [0.4, 0.5) is 0 Å². The van der Waals surface area contributed by atoms with Gasteiger partial charge in [0.15, 0.2) is 0 Å². The monoisotopic (exact) mass is 1150 g/mol. The van der Waals surface area contributed by atoms with Crippen molar-refractivity contribution in [3.8, 4) is 0 Å². The molecule has 0 aliphatic rings. The van der Waals surface area contributed by atoms with Crippen LogP contribution in [-0.2, 0) is 18.4 Å². The SMILES string of the molecule is CC/C=C\C/C=C\C/C=C\C/C=C\C/C=C\C/C=C\C/C=C\CCCCCCCCCCCC(=O)NC(COP(=O)([O-])OCC[N+](C)(C)C)C(O)CCCCCCCCCCCCCCCCCCCCCCCCCCCCCC. The minimum absolute atomic E-state index is 0.00786. The Morgan fingerprint density at radius 3 is 1.10 bits per heavy atom. The second-order valence-corrected chi connectivity index (χ2v) is 25.9. The lowest BCUT2D eigenvalue weighted by Gasteiger charge is -2.30. The number of allylic oxidation sites excluding steroid dienone is 14. The Kier molecular flexibility index (Phi) is 60.4. The number of hydrogen-bond acceptors (Lipinski definition) is 6. The quantitative estimate of drug-likeness (QED) is 0.0272. The molecule has 0 aliphatic carbocycles. The van der Waals surface area contributed by atoms with Gasteiger partial charge >= 0.3 is 0 Å². The van der Waals surface area contributed by atoms with Gasteiger partial charge < -0.3 is 28.8 Å². The molecule has 0 aromatic rings. The molecular weight excluding hydrogens is 1020 g/mol. The number of aliphatic hydroxyl groups is 1. The molecule has 0 saturated heterocycles. The highest BCUT2D eigenvalue weighted by molar-refractivity contribution is 7.45. The average molecular weight is 1150 g/mol. The maximum Gasteiger partial charge on any atom is 0.268 e. The molecule has 0 radical (unpaired) electrons. The van der Waals surface area contributed by atoms with Crippen LogP contribution >= 0.6 is 7.82 Å². The van der Waals surface area contributed by atoms with E-state index in [1.165, 1.54) is 199 Å². The summed E-state index contributed by atoms with van der Waals surface area (Å²) < 4.78 is 23.5. The molecule has 0 rings (SSSR count). The fourth-order valence-electron chi connectivity index (χ4n) is 10.1. The van der Waals surface area contributed by atoms with Crippen molar-refractivity contribution in [1.82, 2.24) is 5.32 Å². The molecule has 0 aliphatic heterocycles. The second kappa shape index (κ2) is 62.2. The summed E-state index contributed by atoms with van der Waals surface area (Å²) in [5, 5.41) is 14.1. The Hall–Kier alpha value is -2.32. The standard InChI is InChI=1S/C72H133N2O6P/c1-6-8-10-12-14-16-18-20-22-24-26-28-30-32-34-36-37-38-40-42-44-46-48-50-52-54-56-58-60-62-64-66-72(76)73-70(69-80-81(77,78)79-68-67-74(3,4)5)71(75)65-63-61-59-57-55-53-51-49-47-45-43-41-39-35-33-31-29-27-25-23-21-19-17-15-13-11-9-7-2/h8,10,14,16,20,22,26,28,32,34,37-38,42,44,70-71,75H,6-7,9,11-13,15,17-19,21,23-25,27,29-31,33,35-36,39-41,43,45-69H2,1-5H3,(H-,73,76,77,78)/b10-8-,16-14-,22-20-,28-26-,34-32-,38-37-,44-42-. The number of nitrogens with zero attached hydrogens (tertiary/aromatic N) is 1. The average Bonchev–Trinajstić information content (AvgIpc) is 3.43. The van der Waals surface area contributed by atoms with Crippen LogP contribution in [0.25, 0.3) is 0 Å². The van der Waals surface area contributed by atoms with Gasteiger partial charge in [0, 0.05) is 6.42 Å². The lowest BCUT2D eigenvalue weighted by atomic mass is 10.0. The Balaban J connectivity index is 4.10. The van der Waals surface area contributed by atoms with Gasteiger partial charge in [-0.05, 0) is 70.6 Å². The van der Waals surface area contributed by atoms with Crippen LogP contribution in [0.5, 0.6) is 0 Å². The van der Waals surface area contributed by atoms with E-state index in [2.05, 4.69) is 104 Å². The Bertz CT molecular complexity index is 1600. The first-order valence-electron chi connectivity index (χ1n) is 34.4. The zero-order valence-corrected chi connectivity index (χ0v) is 54.9. The third kappa shape index (κ3) is 65.1. The number of carbonyl (C=O) groups excluding carboxylic acids is 1. The molecule has 0 heterocycles. The van der Waals surface area contributed by atoms with Gasteiger partial charge in [0.1, 0.15) is 13.2 Å². The highest BCUT2D eigenvalue weighted by Crippen LogP contribution is 2.38. The third-order valence-corrected chi connectivity index (χ3v) is 16.4. The van der Waals surface area contributed by atoms with Crippen LogP contribution in [0.15, 0.2) is 85.1 Å². The number of unbranched alkanes of at least 4 members (excludes halogenated alkanes) is 36. The normalized spacial score (nSPS) is 14.2. The van der Waals surface area contributed by atoms with E-state index in [0.717, 1.165) is 89.9 Å². The summed E-state index contributed by atoms with van der Waals surface area (Å²) in [5.74, 6) is -0.170. The van der Waals surface area contributed by atoms with Crippen molar-refractivity contribution in [2.45, 2.75) is 328 Å². The summed E-state index contributed by atoms with van der Waals surface area (Å²) in [6.45, 7) is 4.64. The first-order valence-corrected chi connectivity index (χ1v) is 35.9. The number of nitrogens with one attached hydrogen (secondary N) is 1. The number of phosphoric acid groups is 1. The fraction of sp³-hybridized carbons (Fsp3) is 0.792. The van der Waals surface area contributed by atoms with Crippen molar-refractivity contribution < 1.29 is 32.9 Å². The highest BCUT2D eigenvalue weighted by atomic mass is 31.2. The van der Waals surface area contributed by atoms with E-state index in [0.29, 0.717) is 23.9 Å². The molecule has 0 fully saturated rings. The van der Waals surface area contributed by atoms with Crippen molar-refractivity contribution >= 4 is 13.7 Å². The van der Waals surface area contributed by atoms with Gasteiger partial charge in [0.25, 0.3) is 7.82 Å². The van der Waals surface area contributed by atoms with E-state index in [1.807, 2.05) is 21.1 Å². The van der Waals surface area contributed by atoms with E-state index >= 15 is 0 Å². The number of aliphatic hydroxyl groups excluding tert-OH is 1. The van der Waals surface area contributed by atoms with Gasteiger partial charge in [0.2, 0.25) is 5.91 Å². The smallest absolute Gasteiger partial charge is 0.268 e. The topological polar surface area (TPSA) is 108 Å². The molecule has 2 N–H and O–H groups in total. The van der Waals surface area contributed by atoms with Crippen LogP contribution < -0.4 is 10.2 Å². The highest BCUT2D eigenvalue weighted by Gasteiger charge is 2.24. The summed E-state index contributed by atoms with van der Waals surface area (Å²) in [6.07, 6.45) is 87.9. The first-order chi connectivity index (χ1) is 39.5. The second-order valence-electron chi connectivity index (χ2n) is 24.5. The number of likely N-dealkylation sites (N-methyl/N-ethyl adjacent to an activating group) is 1. The van der Waals surface area contributed by atoms with Crippen LogP contribution in [-0.4, -0.2) is 68.5 Å². The molecule has 0 aromatic heterocycles. The van der Waals surface area contributed by atoms with Gasteiger partial charge in [0.05, 0.1) is 39.9 Å². The van der Waals surface area contributed by atoms with E-state index in [4.69, 9.17) is 9.05 Å². The molecule has 0 saturated carbocycles. The lowest BCUT2D eigenvalue weighted by Crippen LogP contribution is -2.46. The lowest BCUT2D eigenvalue weighted by molar-refractivity contribution is -0.870. The summed E-state index contributed by atoms with van der Waals surface area (Å²) in [6, 6.07) is -0.811. The molecule has 8 nitrogen and oxygen atoms in total. The molecule has 472 valence electrons. The van der Waals surface area contributed by atoms with E-state index in [1.54, 1.807) is 0 Å². The largest absolute Gasteiger partial charge is 0.756 e. The number of rotatable bonds is 63. The van der Waals surface area contributed by atoms with E-state index in [9.17, 15) is 19.4 Å². The van der Waals surface area contributed by atoms with Gasteiger partial charge in [-0.2, -0.15) is 0 Å². The molecule has 1 amide bonds. The zero-order valence-electron chi connectivity index (χ0n) is 54.0. The Morgan fingerprint density at radius 2 is 0.753 bits per heavy atom. The van der Waals surface area contributed by atoms with Crippen molar-refractivity contribution in [3.05, 3.63) is 85.1 Å². The summed E-state index contributed by atoms with van der Waals surface area (Å²) in [4.78, 5) is 25.7. The molecule has 0 spiro atoms. The first kappa shape index (κ1) is 78.7. The maximum atomic E-state index is 13.1. The van der Waals surface area contributed by atoms with Crippen molar-refractivity contribution in [2.75, 3.05) is 40.9 Å². The van der Waals surface area contributed by atoms with Gasteiger partial charge in [-0.15, -0.1) is 0 Å². The van der Waals surface area contributed by atoms with E-state index < -0.39 is 20.0 Å². The summed E-state index contributed by atoms with van der Waals surface area (Å²) in [5.41, 5.74) is 0. The van der Waals surface area contributed by atoms with Gasteiger partial charge in [-0.25, -0.2) is 0 Å². The fourth-order valence-corrected chi connectivity index (χ4v) is 10.8. The number of hydrogen-bond donors (Lipinski definition) is 2. The van der Waals surface area contributed by atoms with Crippen LogP contribution in [0.2, 0.25) is 0 Å². The predicted octanol–water partition coefficient (Wildman–Crippen LogP) is 21.3. The van der Waals surface area contributed by atoms with Gasteiger partial charge in [-0.3, -0.25) is 9.36 Å². The summed E-state index contributed by atoms with van der Waals surface area (Å²) >= 11 is 0. The minimum atomic E-state index is -4.59. The third-order valence-electron chi connectivity index (χ3n) is 15.4. The van der Waals surface area contributed by atoms with Crippen molar-refractivity contribution in [3.63, 3.8) is 0 Å². The van der Waals surface area contributed by atoms with Crippen LogP contribution in [0.3, 0.4) is 0 Å². The van der Waals surface area contributed by atoms with Crippen LogP contribution in [0.1, 0.15) is 316 Å². The number of phosphoric ester groups is 1. The Labute approximate surface area is 503 Å². The number of quaternary nitrogens is 1. The molecule has 3 unspecified atom stereocenters. The van der Waals surface area contributed by atoms with Gasteiger partial charge in [-0.1, -0.05) is 324 Å². The molecule has 81 heavy (non-hydrogen) atoms. The molecule has 3 atom stereocenters. The number of amides is 1. The molecule has 0 aromatic carbocycles. The molecule has 9 heteroatoms. The maximum absolute atomic E-state index is 13.1. The Morgan fingerprint density at radius 1 is 0.444 bits per heavy atom. The molecule has 0 bridgehead atoms. The number of carbonyl (C=O) groups is 1. The van der Waals surface area contributed by atoms with Crippen molar-refractivity contribution in [2.24, 2.45) is 0 Å². The van der Waals surface area contributed by atoms with Crippen molar-refractivity contribution in [1.29, 1.82) is 0 Å². The minimum Gasteiger partial charge on any atom is -0.756 e. The predicted molar refractivity (Wildman–Crippen MR) is 353 cm³/mol. The summed E-state index contributed by atoms with van der Waals surface area (Å²) in [7, 11) is 1.30. The van der Waals surface area contributed by atoms with Crippen LogP contribution in [0, 0.1) is 0 Å². The zero-order chi connectivity index (χ0) is 59.1. The molecular formula is C72H133N2O6P.